The second kappa shape index (κ2) is 8.33. The van der Waals surface area contributed by atoms with Gasteiger partial charge in [0.1, 0.15) is 10.0 Å². The third kappa shape index (κ3) is 4.83. The summed E-state index contributed by atoms with van der Waals surface area (Å²) in [5, 5.41) is 3.24. The van der Waals surface area contributed by atoms with Gasteiger partial charge >= 0.3 is 0 Å². The molecule has 0 amide bonds. The van der Waals surface area contributed by atoms with Crippen LogP contribution in [-0.2, 0) is 22.9 Å². The number of anilines is 2. The van der Waals surface area contributed by atoms with Gasteiger partial charge in [-0.15, -0.1) is 11.3 Å². The first-order valence-electron chi connectivity index (χ1n) is 8.42. The van der Waals surface area contributed by atoms with Crippen molar-refractivity contribution in [3.05, 3.63) is 71.2 Å². The Bertz CT molecular complexity index is 936. The molecule has 0 spiro atoms. The molecular formula is C19H21N3O2S2. The Hall–Kier alpha value is -2.38. The first kappa shape index (κ1) is 18.4. The summed E-state index contributed by atoms with van der Waals surface area (Å²) in [6, 6.07) is 17.2. The predicted molar refractivity (Wildman–Crippen MR) is 107 cm³/mol. The van der Waals surface area contributed by atoms with Crippen LogP contribution in [0.4, 0.5) is 11.5 Å². The molecule has 2 heterocycles. The number of hydrogen-bond acceptors (Lipinski definition) is 5. The highest BCUT2D eigenvalue weighted by Gasteiger charge is 2.16. The van der Waals surface area contributed by atoms with E-state index < -0.39 is 10.0 Å². The van der Waals surface area contributed by atoms with Crippen molar-refractivity contribution in [2.75, 3.05) is 16.6 Å². The zero-order valence-electron chi connectivity index (χ0n) is 14.5. The van der Waals surface area contributed by atoms with E-state index >= 15 is 0 Å². The van der Waals surface area contributed by atoms with Gasteiger partial charge in [-0.25, -0.2) is 13.4 Å². The molecule has 3 rings (SSSR count). The quantitative estimate of drug-likeness (QED) is 0.609. The van der Waals surface area contributed by atoms with E-state index in [2.05, 4.69) is 27.2 Å². The molecule has 0 bridgehead atoms. The topological polar surface area (TPSA) is 71.1 Å². The number of pyridine rings is 1. The van der Waals surface area contributed by atoms with E-state index in [0.29, 0.717) is 15.7 Å². The molecule has 26 heavy (non-hydrogen) atoms. The Morgan fingerprint density at radius 1 is 1.04 bits per heavy atom. The molecule has 0 atom stereocenters. The van der Waals surface area contributed by atoms with Crippen molar-refractivity contribution in [1.29, 1.82) is 0 Å². The van der Waals surface area contributed by atoms with E-state index in [0.717, 1.165) is 24.3 Å². The monoisotopic (exact) mass is 387 g/mol. The van der Waals surface area contributed by atoms with Crippen LogP contribution < -0.4 is 10.0 Å². The van der Waals surface area contributed by atoms with Crippen molar-refractivity contribution in [3.8, 4) is 0 Å². The average molecular weight is 388 g/mol. The van der Waals surface area contributed by atoms with Crippen LogP contribution in [0.2, 0.25) is 0 Å². The second-order valence-electron chi connectivity index (χ2n) is 5.77. The van der Waals surface area contributed by atoms with Crippen LogP contribution in [0, 0.1) is 0 Å². The molecule has 0 aliphatic heterocycles. The first-order chi connectivity index (χ1) is 12.6. The number of sulfonamides is 1. The molecule has 136 valence electrons. The molecule has 0 unspecified atom stereocenters. The Kier molecular flexibility index (Phi) is 5.90. The number of nitrogens with one attached hydrogen (secondary N) is 2. The Morgan fingerprint density at radius 3 is 2.50 bits per heavy atom. The largest absolute Gasteiger partial charge is 0.370 e. The van der Waals surface area contributed by atoms with Crippen LogP contribution in [0.25, 0.3) is 0 Å². The molecule has 0 saturated heterocycles. The van der Waals surface area contributed by atoms with Gasteiger partial charge in [-0.3, -0.25) is 4.72 Å². The van der Waals surface area contributed by atoms with Crippen molar-refractivity contribution in [2.24, 2.45) is 0 Å². The van der Waals surface area contributed by atoms with Crippen molar-refractivity contribution in [3.63, 3.8) is 0 Å². The maximum absolute atomic E-state index is 12.4. The lowest BCUT2D eigenvalue weighted by Gasteiger charge is -2.08. The summed E-state index contributed by atoms with van der Waals surface area (Å²) in [5.41, 5.74) is 1.71. The molecule has 0 radical (unpaired) electrons. The molecule has 1 aromatic carbocycles. The summed E-state index contributed by atoms with van der Waals surface area (Å²) in [6.07, 6.45) is 3.25. The van der Waals surface area contributed by atoms with Gasteiger partial charge in [0.05, 0.1) is 11.9 Å². The van der Waals surface area contributed by atoms with Crippen LogP contribution in [0.1, 0.15) is 17.4 Å². The molecule has 0 fully saturated rings. The normalized spacial score (nSPS) is 11.3. The van der Waals surface area contributed by atoms with Gasteiger partial charge in [0.2, 0.25) is 0 Å². The second-order valence-corrected chi connectivity index (χ2v) is 8.85. The van der Waals surface area contributed by atoms with E-state index in [-0.39, 0.29) is 0 Å². The van der Waals surface area contributed by atoms with E-state index in [1.807, 2.05) is 31.2 Å². The van der Waals surface area contributed by atoms with Gasteiger partial charge < -0.3 is 5.32 Å². The molecule has 7 heteroatoms. The molecule has 3 aromatic rings. The maximum atomic E-state index is 12.4. The molecule has 5 nitrogen and oxygen atoms in total. The molecule has 0 aliphatic rings. The summed E-state index contributed by atoms with van der Waals surface area (Å²) in [6.45, 7) is 2.76. The number of hydrogen-bond donors (Lipinski definition) is 2. The van der Waals surface area contributed by atoms with E-state index in [1.54, 1.807) is 18.2 Å². The van der Waals surface area contributed by atoms with E-state index in [9.17, 15) is 8.42 Å². The molecule has 0 aliphatic carbocycles. The summed E-state index contributed by atoms with van der Waals surface area (Å²) in [7, 11) is -3.56. The number of benzene rings is 1. The zero-order valence-corrected chi connectivity index (χ0v) is 16.1. The van der Waals surface area contributed by atoms with Crippen LogP contribution >= 0.6 is 11.3 Å². The van der Waals surface area contributed by atoms with Crippen LogP contribution in [-0.4, -0.2) is 19.9 Å². The summed E-state index contributed by atoms with van der Waals surface area (Å²) >= 11 is 1.29. The number of nitrogens with zero attached hydrogens (tertiary/aromatic N) is 1. The maximum Gasteiger partial charge on any atom is 0.271 e. The molecule has 2 aromatic heterocycles. The first-order valence-corrected chi connectivity index (χ1v) is 10.7. The Morgan fingerprint density at radius 2 is 1.85 bits per heavy atom. The van der Waals surface area contributed by atoms with E-state index in [1.165, 1.54) is 23.1 Å². The zero-order chi connectivity index (χ0) is 18.4. The lowest BCUT2D eigenvalue weighted by atomic mass is 10.1. The highest BCUT2D eigenvalue weighted by Crippen LogP contribution is 2.24. The molecular weight excluding hydrogens is 366 g/mol. The summed E-state index contributed by atoms with van der Waals surface area (Å²) < 4.78 is 27.7. The van der Waals surface area contributed by atoms with Gasteiger partial charge in [0.25, 0.3) is 10.0 Å². The number of rotatable bonds is 8. The Balaban J connectivity index is 1.57. The number of thiophene rings is 1. The Labute approximate surface area is 158 Å². The SMILES string of the molecule is CCc1ccc(S(=O)(=O)Nc2ccc(NCCc3ccccc3)nc2)s1. The molecule has 2 N–H and O–H groups in total. The van der Waals surface area contributed by atoms with Crippen LogP contribution in [0.3, 0.4) is 0 Å². The summed E-state index contributed by atoms with van der Waals surface area (Å²) in [4.78, 5) is 5.32. The van der Waals surface area contributed by atoms with Gasteiger partial charge in [-0.1, -0.05) is 37.3 Å². The number of aryl methyl sites for hydroxylation is 1. The van der Waals surface area contributed by atoms with Crippen molar-refractivity contribution < 1.29 is 8.42 Å². The predicted octanol–water partition coefficient (Wildman–Crippen LogP) is 4.16. The van der Waals surface area contributed by atoms with Gasteiger partial charge in [0, 0.05) is 11.4 Å². The fourth-order valence-corrected chi connectivity index (χ4v) is 4.78. The average Bonchev–Trinajstić information content (AvgIpc) is 3.14. The minimum absolute atomic E-state index is 0.319. The minimum Gasteiger partial charge on any atom is -0.370 e. The lowest BCUT2D eigenvalue weighted by Crippen LogP contribution is -2.12. The van der Waals surface area contributed by atoms with Gasteiger partial charge in [0.15, 0.2) is 0 Å². The smallest absolute Gasteiger partial charge is 0.271 e. The number of aromatic nitrogens is 1. The van der Waals surface area contributed by atoms with E-state index in [4.69, 9.17) is 0 Å². The standard InChI is InChI=1S/C19H21N3O2S2/c1-2-17-9-11-19(25-17)26(23,24)22-16-8-10-18(21-14-16)20-13-12-15-6-4-3-5-7-15/h3-11,14,22H,2,12-13H2,1H3,(H,20,21). The van der Waals surface area contributed by atoms with Gasteiger partial charge in [-0.05, 0) is 42.7 Å². The summed E-state index contributed by atoms with van der Waals surface area (Å²) in [5.74, 6) is 0.716. The van der Waals surface area contributed by atoms with Crippen molar-refractivity contribution in [1.82, 2.24) is 4.98 Å². The minimum atomic E-state index is -3.56. The van der Waals surface area contributed by atoms with Crippen molar-refractivity contribution >= 4 is 32.9 Å². The van der Waals surface area contributed by atoms with Crippen molar-refractivity contribution in [2.45, 2.75) is 24.0 Å². The highest BCUT2D eigenvalue weighted by molar-refractivity contribution is 7.94. The van der Waals surface area contributed by atoms with Crippen LogP contribution in [0.15, 0.2) is 65.0 Å². The van der Waals surface area contributed by atoms with Gasteiger partial charge in [-0.2, -0.15) is 0 Å². The van der Waals surface area contributed by atoms with Crippen LogP contribution in [0.5, 0.6) is 0 Å². The highest BCUT2D eigenvalue weighted by atomic mass is 32.2. The fourth-order valence-electron chi connectivity index (χ4n) is 2.44. The fraction of sp³-hybridized carbons (Fsp3) is 0.211. The molecule has 0 saturated carbocycles. The lowest BCUT2D eigenvalue weighted by molar-refractivity contribution is 0.603. The third-order valence-electron chi connectivity index (χ3n) is 3.83. The third-order valence-corrected chi connectivity index (χ3v) is 6.93.